The first kappa shape index (κ1) is 6.15. The van der Waals surface area contributed by atoms with Gasteiger partial charge in [0.25, 0.3) is 0 Å². The average molecular weight is 148 g/mol. The molecule has 56 valence electrons. The molecule has 0 saturated heterocycles. The first-order chi connectivity index (χ1) is 5.27. The highest BCUT2D eigenvalue weighted by Gasteiger charge is 2.01. The number of pyridine rings is 1. The van der Waals surface area contributed by atoms with Crippen LogP contribution >= 0.6 is 0 Å². The minimum Gasteiger partial charge on any atom is -0.382 e. The van der Waals surface area contributed by atoms with E-state index in [0.29, 0.717) is 5.82 Å². The van der Waals surface area contributed by atoms with Crippen molar-refractivity contribution in [1.29, 1.82) is 0 Å². The molecule has 2 rings (SSSR count). The highest BCUT2D eigenvalue weighted by Crippen LogP contribution is 2.14. The number of hydrogen-bond acceptors (Lipinski definition) is 3. The van der Waals surface area contributed by atoms with E-state index < -0.39 is 0 Å². The summed E-state index contributed by atoms with van der Waals surface area (Å²) in [5.41, 5.74) is 7.27. The van der Waals surface area contributed by atoms with Crippen molar-refractivity contribution in [2.75, 3.05) is 5.73 Å². The monoisotopic (exact) mass is 148 g/mol. The summed E-state index contributed by atoms with van der Waals surface area (Å²) in [6, 6.07) is 1.85. The van der Waals surface area contributed by atoms with Gasteiger partial charge in [-0.3, -0.25) is 0 Å². The van der Waals surface area contributed by atoms with Crippen LogP contribution in [0.25, 0.3) is 11.0 Å². The number of rotatable bonds is 0. The molecule has 4 heteroatoms. The molecule has 4 nitrogen and oxygen atoms in total. The Hall–Kier alpha value is -1.58. The molecular formula is C7H8N4. The molecule has 2 heterocycles. The van der Waals surface area contributed by atoms with E-state index in [-0.39, 0.29) is 0 Å². The lowest BCUT2D eigenvalue weighted by atomic mass is 10.4. The summed E-state index contributed by atoms with van der Waals surface area (Å²) >= 11 is 0. The van der Waals surface area contributed by atoms with E-state index in [9.17, 15) is 0 Å². The molecular weight excluding hydrogens is 140 g/mol. The zero-order valence-corrected chi connectivity index (χ0v) is 6.13. The molecule has 2 aromatic heterocycles. The van der Waals surface area contributed by atoms with Crippen molar-refractivity contribution in [3.05, 3.63) is 18.1 Å². The van der Waals surface area contributed by atoms with Crippen molar-refractivity contribution in [2.45, 2.75) is 6.92 Å². The summed E-state index contributed by atoms with van der Waals surface area (Å²) in [5.74, 6) is 1.34. The van der Waals surface area contributed by atoms with Crippen molar-refractivity contribution < 1.29 is 0 Å². The van der Waals surface area contributed by atoms with E-state index in [1.165, 1.54) is 0 Å². The third-order valence-electron chi connectivity index (χ3n) is 1.55. The fourth-order valence-corrected chi connectivity index (χ4v) is 1.08. The van der Waals surface area contributed by atoms with E-state index in [2.05, 4.69) is 15.0 Å². The zero-order valence-electron chi connectivity index (χ0n) is 6.13. The first-order valence-electron chi connectivity index (χ1n) is 3.34. The van der Waals surface area contributed by atoms with Crippen molar-refractivity contribution in [3.8, 4) is 0 Å². The van der Waals surface area contributed by atoms with Gasteiger partial charge in [-0.15, -0.1) is 0 Å². The van der Waals surface area contributed by atoms with Crippen LogP contribution < -0.4 is 5.73 Å². The summed E-state index contributed by atoms with van der Waals surface area (Å²) in [7, 11) is 0. The minimum absolute atomic E-state index is 0.479. The van der Waals surface area contributed by atoms with Gasteiger partial charge in [0.05, 0.1) is 5.52 Å². The van der Waals surface area contributed by atoms with Gasteiger partial charge in [-0.25, -0.2) is 9.97 Å². The molecule has 0 radical (unpaired) electrons. The zero-order chi connectivity index (χ0) is 7.84. The van der Waals surface area contributed by atoms with Crippen LogP contribution in [0.1, 0.15) is 5.82 Å². The number of aromatic nitrogens is 3. The number of aromatic amines is 1. The molecule has 0 unspecified atom stereocenters. The normalized spacial score (nSPS) is 10.6. The number of anilines is 1. The van der Waals surface area contributed by atoms with Gasteiger partial charge in [0, 0.05) is 6.20 Å². The summed E-state index contributed by atoms with van der Waals surface area (Å²) < 4.78 is 0. The summed E-state index contributed by atoms with van der Waals surface area (Å²) in [4.78, 5) is 11.2. The second-order valence-electron chi connectivity index (χ2n) is 2.41. The van der Waals surface area contributed by atoms with Gasteiger partial charge in [0.2, 0.25) is 0 Å². The Balaban J connectivity index is 2.90. The molecule has 0 bridgehead atoms. The van der Waals surface area contributed by atoms with Gasteiger partial charge in [0.1, 0.15) is 11.3 Å². The highest BCUT2D eigenvalue weighted by atomic mass is 15.0. The van der Waals surface area contributed by atoms with Crippen molar-refractivity contribution >= 4 is 16.9 Å². The number of nitrogens with one attached hydrogen (secondary N) is 1. The Labute approximate surface area is 63.5 Å². The topological polar surface area (TPSA) is 67.6 Å². The van der Waals surface area contributed by atoms with Crippen LogP contribution in [0.5, 0.6) is 0 Å². The van der Waals surface area contributed by atoms with Crippen LogP contribution in [0.15, 0.2) is 12.3 Å². The predicted molar refractivity (Wildman–Crippen MR) is 43.0 cm³/mol. The number of fused-ring (bicyclic) bond motifs is 1. The van der Waals surface area contributed by atoms with Gasteiger partial charge in [0.15, 0.2) is 5.82 Å². The third-order valence-corrected chi connectivity index (χ3v) is 1.55. The SMILES string of the molecule is Cc1nc2c(N)nccc2[nH]1. The molecule has 0 aliphatic carbocycles. The Morgan fingerprint density at radius 2 is 2.36 bits per heavy atom. The third kappa shape index (κ3) is 0.832. The number of hydrogen-bond donors (Lipinski definition) is 2. The Morgan fingerprint density at radius 3 is 3.09 bits per heavy atom. The van der Waals surface area contributed by atoms with Crippen LogP contribution in [-0.4, -0.2) is 15.0 Å². The lowest BCUT2D eigenvalue weighted by Crippen LogP contribution is -1.89. The minimum atomic E-state index is 0.479. The quantitative estimate of drug-likeness (QED) is 0.582. The Morgan fingerprint density at radius 1 is 1.55 bits per heavy atom. The Kier molecular flexibility index (Phi) is 1.09. The van der Waals surface area contributed by atoms with Gasteiger partial charge in [-0.1, -0.05) is 0 Å². The molecule has 0 aliphatic heterocycles. The Bertz CT molecular complexity index is 390. The van der Waals surface area contributed by atoms with Crippen molar-refractivity contribution in [3.63, 3.8) is 0 Å². The molecule has 11 heavy (non-hydrogen) atoms. The molecule has 0 spiro atoms. The maximum Gasteiger partial charge on any atom is 0.151 e. The lowest BCUT2D eigenvalue weighted by molar-refractivity contribution is 1.17. The van der Waals surface area contributed by atoms with Crippen molar-refractivity contribution in [2.24, 2.45) is 0 Å². The van der Waals surface area contributed by atoms with Gasteiger partial charge in [-0.05, 0) is 13.0 Å². The molecule has 3 N–H and O–H groups in total. The number of aryl methyl sites for hydroxylation is 1. The molecule has 0 aliphatic rings. The van der Waals surface area contributed by atoms with E-state index in [1.807, 2.05) is 13.0 Å². The van der Waals surface area contributed by atoms with Gasteiger partial charge < -0.3 is 10.7 Å². The van der Waals surface area contributed by atoms with E-state index >= 15 is 0 Å². The largest absolute Gasteiger partial charge is 0.382 e. The summed E-state index contributed by atoms with van der Waals surface area (Å²) in [6.07, 6.45) is 1.66. The number of nitrogens with two attached hydrogens (primary N) is 1. The number of H-pyrrole nitrogens is 1. The predicted octanol–water partition coefficient (Wildman–Crippen LogP) is 0.849. The van der Waals surface area contributed by atoms with Crippen LogP contribution in [-0.2, 0) is 0 Å². The number of nitrogen functional groups attached to an aromatic ring is 1. The first-order valence-corrected chi connectivity index (χ1v) is 3.34. The summed E-state index contributed by atoms with van der Waals surface area (Å²) in [5, 5.41) is 0. The maximum absolute atomic E-state index is 5.58. The number of nitrogens with zero attached hydrogens (tertiary/aromatic N) is 2. The van der Waals surface area contributed by atoms with Gasteiger partial charge >= 0.3 is 0 Å². The number of imidazole rings is 1. The van der Waals surface area contributed by atoms with Crippen molar-refractivity contribution in [1.82, 2.24) is 15.0 Å². The van der Waals surface area contributed by atoms with Crippen LogP contribution in [0.4, 0.5) is 5.82 Å². The van der Waals surface area contributed by atoms with Crippen LogP contribution in [0.3, 0.4) is 0 Å². The lowest BCUT2D eigenvalue weighted by Gasteiger charge is -1.89. The highest BCUT2D eigenvalue weighted by molar-refractivity contribution is 5.84. The van der Waals surface area contributed by atoms with E-state index in [0.717, 1.165) is 16.9 Å². The molecule has 0 aromatic carbocycles. The molecule has 2 aromatic rings. The second-order valence-corrected chi connectivity index (χ2v) is 2.41. The van der Waals surface area contributed by atoms with Gasteiger partial charge in [-0.2, -0.15) is 0 Å². The smallest absolute Gasteiger partial charge is 0.151 e. The maximum atomic E-state index is 5.58. The van der Waals surface area contributed by atoms with E-state index in [1.54, 1.807) is 6.20 Å². The fourth-order valence-electron chi connectivity index (χ4n) is 1.08. The molecule has 0 atom stereocenters. The standard InChI is InChI=1S/C7H8N4/c1-4-10-5-2-3-9-7(8)6(5)11-4/h2-3H,1H3,(H2,8,9)(H,10,11). The molecule has 0 saturated carbocycles. The molecule has 0 amide bonds. The average Bonchev–Trinajstić information content (AvgIpc) is 2.31. The second kappa shape index (κ2) is 1.95. The van der Waals surface area contributed by atoms with Crippen LogP contribution in [0.2, 0.25) is 0 Å². The van der Waals surface area contributed by atoms with E-state index in [4.69, 9.17) is 5.73 Å². The summed E-state index contributed by atoms with van der Waals surface area (Å²) in [6.45, 7) is 1.89. The molecule has 0 fully saturated rings. The van der Waals surface area contributed by atoms with Crippen LogP contribution in [0, 0.1) is 6.92 Å². The fraction of sp³-hybridized carbons (Fsp3) is 0.143.